The molecule has 0 amide bonds. The molecular weight excluding hydrogens is 250 g/mol. The van der Waals surface area contributed by atoms with E-state index in [0.29, 0.717) is 17.1 Å². The topological polar surface area (TPSA) is 38.2 Å². The smallest absolute Gasteiger partial charge is 0.134 e. The van der Waals surface area contributed by atoms with Crippen molar-refractivity contribution < 1.29 is 4.74 Å². The molecule has 0 saturated carbocycles. The summed E-state index contributed by atoms with van der Waals surface area (Å²) in [5.74, 6) is 1.38. The van der Waals surface area contributed by atoms with Crippen LogP contribution in [0.1, 0.15) is 27.2 Å². The zero-order valence-corrected chi connectivity index (χ0v) is 12.1. The molecule has 100 valence electrons. The summed E-state index contributed by atoms with van der Waals surface area (Å²) in [7, 11) is 1.77. The Morgan fingerprint density at radius 1 is 1.44 bits per heavy atom. The Kier molecular flexibility index (Phi) is 3.78. The predicted octanol–water partition coefficient (Wildman–Crippen LogP) is 2.77. The summed E-state index contributed by atoms with van der Waals surface area (Å²) in [6.07, 6.45) is 2.61. The van der Waals surface area contributed by atoms with Crippen LogP contribution in [-0.2, 0) is 4.74 Å². The van der Waals surface area contributed by atoms with Gasteiger partial charge in [0.25, 0.3) is 0 Å². The highest BCUT2D eigenvalue weighted by Crippen LogP contribution is 2.37. The second-order valence-electron chi connectivity index (χ2n) is 5.34. The van der Waals surface area contributed by atoms with Crippen molar-refractivity contribution in [1.82, 2.24) is 9.97 Å². The molecule has 0 aromatic carbocycles. The van der Waals surface area contributed by atoms with Crippen LogP contribution >= 0.6 is 11.6 Å². The van der Waals surface area contributed by atoms with Crippen molar-refractivity contribution in [2.45, 2.75) is 38.8 Å². The van der Waals surface area contributed by atoms with Gasteiger partial charge in [-0.05, 0) is 27.2 Å². The largest absolute Gasteiger partial charge is 0.378 e. The molecule has 1 aliphatic heterocycles. The lowest BCUT2D eigenvalue weighted by atomic mass is 9.85. The maximum absolute atomic E-state index is 5.92. The lowest BCUT2D eigenvalue weighted by Crippen LogP contribution is -2.41. The molecule has 1 saturated heterocycles. The summed E-state index contributed by atoms with van der Waals surface area (Å²) in [5, 5.41) is 0.488. The molecule has 0 spiro atoms. The van der Waals surface area contributed by atoms with Crippen LogP contribution in [-0.4, -0.2) is 35.3 Å². The van der Waals surface area contributed by atoms with Gasteiger partial charge >= 0.3 is 0 Å². The third-order valence-electron chi connectivity index (χ3n) is 4.09. The minimum atomic E-state index is -0.120. The molecule has 2 heterocycles. The van der Waals surface area contributed by atoms with Gasteiger partial charge in [-0.3, -0.25) is 0 Å². The Hall–Kier alpha value is -0.870. The average molecular weight is 270 g/mol. The molecule has 5 heteroatoms. The monoisotopic (exact) mass is 269 g/mol. The Morgan fingerprint density at radius 3 is 2.78 bits per heavy atom. The molecule has 18 heavy (non-hydrogen) atoms. The van der Waals surface area contributed by atoms with Gasteiger partial charge in [-0.2, -0.15) is 0 Å². The summed E-state index contributed by atoms with van der Waals surface area (Å²) in [5.41, 5.74) is -0.120. The van der Waals surface area contributed by atoms with Gasteiger partial charge in [-0.1, -0.05) is 11.6 Å². The molecule has 1 aromatic heterocycles. The highest BCUT2D eigenvalue weighted by molar-refractivity contribution is 6.29. The van der Waals surface area contributed by atoms with Crippen LogP contribution < -0.4 is 4.90 Å². The van der Waals surface area contributed by atoms with Gasteiger partial charge in [0.2, 0.25) is 0 Å². The van der Waals surface area contributed by atoms with Crippen molar-refractivity contribution in [3.63, 3.8) is 0 Å². The van der Waals surface area contributed by atoms with E-state index < -0.39 is 0 Å². The first-order valence-electron chi connectivity index (χ1n) is 6.25. The molecule has 1 aliphatic rings. The Morgan fingerprint density at radius 2 is 2.17 bits per heavy atom. The number of methoxy groups -OCH3 is 1. The van der Waals surface area contributed by atoms with Gasteiger partial charge in [0.1, 0.15) is 17.3 Å². The Bertz CT molecular complexity index is 424. The van der Waals surface area contributed by atoms with Crippen molar-refractivity contribution >= 4 is 17.4 Å². The quantitative estimate of drug-likeness (QED) is 0.791. The van der Waals surface area contributed by atoms with Crippen molar-refractivity contribution in [2.24, 2.45) is 5.92 Å². The van der Waals surface area contributed by atoms with E-state index in [1.807, 2.05) is 6.07 Å². The van der Waals surface area contributed by atoms with Crippen LogP contribution in [0, 0.1) is 5.92 Å². The first-order chi connectivity index (χ1) is 8.45. The number of anilines is 1. The summed E-state index contributed by atoms with van der Waals surface area (Å²) in [4.78, 5) is 10.5. The van der Waals surface area contributed by atoms with Crippen molar-refractivity contribution in [3.05, 3.63) is 17.5 Å². The second-order valence-corrected chi connectivity index (χ2v) is 5.72. The molecule has 0 radical (unpaired) electrons. The van der Waals surface area contributed by atoms with E-state index >= 15 is 0 Å². The molecule has 2 rings (SSSR count). The van der Waals surface area contributed by atoms with E-state index in [4.69, 9.17) is 16.3 Å². The number of ether oxygens (including phenoxy) is 1. The van der Waals surface area contributed by atoms with Gasteiger partial charge in [-0.25, -0.2) is 9.97 Å². The zero-order chi connectivity index (χ0) is 13.3. The first-order valence-corrected chi connectivity index (χ1v) is 6.63. The molecule has 4 nitrogen and oxygen atoms in total. The Balaban J connectivity index is 2.19. The molecular formula is C13H20ClN3O. The highest BCUT2D eigenvalue weighted by Gasteiger charge is 2.41. The SMILES string of the molecule is COC(C)(C)C1CCN(c2cc(Cl)ncn2)C1C. The number of rotatable bonds is 3. The predicted molar refractivity (Wildman–Crippen MR) is 73.0 cm³/mol. The molecule has 1 aromatic rings. The molecule has 2 atom stereocenters. The van der Waals surface area contributed by atoms with E-state index in [9.17, 15) is 0 Å². The summed E-state index contributed by atoms with van der Waals surface area (Å²) < 4.78 is 5.61. The number of hydrogen-bond acceptors (Lipinski definition) is 4. The normalized spacial score (nSPS) is 24.6. The third kappa shape index (κ3) is 2.45. The van der Waals surface area contributed by atoms with Crippen LogP contribution in [0.15, 0.2) is 12.4 Å². The summed E-state index contributed by atoms with van der Waals surface area (Å²) >= 11 is 5.92. The molecule has 0 bridgehead atoms. The van der Waals surface area contributed by atoms with Gasteiger partial charge in [-0.15, -0.1) is 0 Å². The second kappa shape index (κ2) is 5.02. The van der Waals surface area contributed by atoms with Crippen molar-refractivity contribution in [2.75, 3.05) is 18.6 Å². The van der Waals surface area contributed by atoms with Crippen LogP contribution in [0.3, 0.4) is 0 Å². The molecule has 0 N–H and O–H groups in total. The summed E-state index contributed by atoms with van der Waals surface area (Å²) in [6.45, 7) is 7.48. The van der Waals surface area contributed by atoms with E-state index in [2.05, 4.69) is 35.6 Å². The minimum absolute atomic E-state index is 0.120. The standard InChI is InChI=1S/C13H20ClN3O/c1-9-10(13(2,3)18-4)5-6-17(9)12-7-11(14)15-8-16-12/h7-10H,5-6H2,1-4H3. The number of nitrogens with zero attached hydrogens (tertiary/aromatic N) is 3. The maximum Gasteiger partial charge on any atom is 0.134 e. The number of halogens is 1. The molecule has 0 aliphatic carbocycles. The zero-order valence-electron chi connectivity index (χ0n) is 11.4. The molecule has 1 fully saturated rings. The maximum atomic E-state index is 5.92. The lowest BCUT2D eigenvalue weighted by Gasteiger charge is -2.35. The fourth-order valence-corrected chi connectivity index (χ4v) is 2.97. The number of hydrogen-bond donors (Lipinski definition) is 0. The average Bonchev–Trinajstić information content (AvgIpc) is 2.72. The van der Waals surface area contributed by atoms with Crippen LogP contribution in [0.2, 0.25) is 5.15 Å². The van der Waals surface area contributed by atoms with E-state index in [-0.39, 0.29) is 5.60 Å². The highest BCUT2D eigenvalue weighted by atomic mass is 35.5. The van der Waals surface area contributed by atoms with Gasteiger partial charge in [0.05, 0.1) is 5.60 Å². The fraction of sp³-hybridized carbons (Fsp3) is 0.692. The van der Waals surface area contributed by atoms with Crippen molar-refractivity contribution in [1.29, 1.82) is 0 Å². The van der Waals surface area contributed by atoms with Crippen LogP contribution in [0.25, 0.3) is 0 Å². The van der Waals surface area contributed by atoms with Gasteiger partial charge < -0.3 is 9.64 Å². The summed E-state index contributed by atoms with van der Waals surface area (Å²) in [6, 6.07) is 2.20. The third-order valence-corrected chi connectivity index (χ3v) is 4.29. The first kappa shape index (κ1) is 13.6. The van der Waals surface area contributed by atoms with Gasteiger partial charge in [0.15, 0.2) is 0 Å². The van der Waals surface area contributed by atoms with Crippen LogP contribution in [0.5, 0.6) is 0 Å². The molecule has 2 unspecified atom stereocenters. The number of aromatic nitrogens is 2. The van der Waals surface area contributed by atoms with Crippen molar-refractivity contribution in [3.8, 4) is 0 Å². The van der Waals surface area contributed by atoms with Gasteiger partial charge in [0, 0.05) is 31.7 Å². The van der Waals surface area contributed by atoms with E-state index in [1.165, 1.54) is 6.33 Å². The lowest BCUT2D eigenvalue weighted by molar-refractivity contribution is -0.0289. The van der Waals surface area contributed by atoms with E-state index in [1.54, 1.807) is 7.11 Å². The van der Waals surface area contributed by atoms with Crippen LogP contribution in [0.4, 0.5) is 5.82 Å². The Labute approximate surface area is 113 Å². The minimum Gasteiger partial charge on any atom is -0.378 e. The van der Waals surface area contributed by atoms with E-state index in [0.717, 1.165) is 18.8 Å². The fourth-order valence-electron chi connectivity index (χ4n) is 2.82.